The summed E-state index contributed by atoms with van der Waals surface area (Å²) in [7, 11) is 1.31. The minimum absolute atomic E-state index is 0.0423. The van der Waals surface area contributed by atoms with Crippen LogP contribution in [0.5, 0.6) is 5.75 Å². The van der Waals surface area contributed by atoms with E-state index in [1.54, 1.807) is 0 Å². The number of ether oxygens (including phenoxy) is 2. The molecule has 1 aliphatic heterocycles. The van der Waals surface area contributed by atoms with Gasteiger partial charge in [0.1, 0.15) is 11.6 Å². The third-order valence-electron chi connectivity index (χ3n) is 5.17. The lowest BCUT2D eigenvalue weighted by Gasteiger charge is -2.20. The maximum atomic E-state index is 13.1. The number of ketones is 1. The summed E-state index contributed by atoms with van der Waals surface area (Å²) in [5.41, 5.74) is 0.239. The van der Waals surface area contributed by atoms with Gasteiger partial charge in [0.2, 0.25) is 11.7 Å². The van der Waals surface area contributed by atoms with E-state index in [9.17, 15) is 28.9 Å². The summed E-state index contributed by atoms with van der Waals surface area (Å²) in [6.07, 6.45) is -1.31. The van der Waals surface area contributed by atoms with E-state index in [-0.39, 0.29) is 48.0 Å². The van der Waals surface area contributed by atoms with Crippen molar-refractivity contribution >= 4 is 40.6 Å². The van der Waals surface area contributed by atoms with E-state index in [0.29, 0.717) is 0 Å². The molecule has 3 rings (SSSR count). The molecule has 0 radical (unpaired) electrons. The van der Waals surface area contributed by atoms with Crippen LogP contribution in [0.3, 0.4) is 0 Å². The first-order chi connectivity index (χ1) is 15.7. The molecule has 1 aliphatic rings. The number of Topliss-reactive ketones (excluding diaryl/α,β-unsaturated/α-hetero) is 1. The monoisotopic (exact) mass is 478 g/mol. The molecule has 0 spiro atoms. The van der Waals surface area contributed by atoms with Crippen LogP contribution in [-0.2, 0) is 14.3 Å². The van der Waals surface area contributed by atoms with Crippen molar-refractivity contribution in [2.24, 2.45) is 5.92 Å². The van der Waals surface area contributed by atoms with E-state index in [0.717, 1.165) is 12.1 Å². The van der Waals surface area contributed by atoms with Crippen LogP contribution in [0.15, 0.2) is 42.5 Å². The Morgan fingerprint density at radius 3 is 2.58 bits per heavy atom. The van der Waals surface area contributed by atoms with Crippen LogP contribution in [0.1, 0.15) is 23.2 Å². The maximum absolute atomic E-state index is 13.1. The largest absolute Gasteiger partial charge is 0.494 e. The fourth-order valence-corrected chi connectivity index (χ4v) is 3.68. The molecule has 2 aromatic carbocycles. The van der Waals surface area contributed by atoms with Crippen molar-refractivity contribution in [3.8, 4) is 5.75 Å². The first kappa shape index (κ1) is 24.1. The van der Waals surface area contributed by atoms with Gasteiger partial charge in [-0.15, -0.1) is 11.6 Å². The molecule has 1 heterocycles. The van der Waals surface area contributed by atoms with Gasteiger partial charge in [0.25, 0.3) is 5.69 Å². The number of hydrogen-bond acceptors (Lipinski definition) is 7. The van der Waals surface area contributed by atoms with Gasteiger partial charge in [-0.05, 0) is 30.3 Å². The number of nitro benzene ring substituents is 1. The van der Waals surface area contributed by atoms with Gasteiger partial charge in [-0.1, -0.05) is 0 Å². The summed E-state index contributed by atoms with van der Waals surface area (Å²) < 4.78 is 23.7. The molecule has 1 fully saturated rings. The Bertz CT molecular complexity index is 1080. The van der Waals surface area contributed by atoms with Crippen molar-refractivity contribution in [3.05, 3.63) is 64.0 Å². The number of nitro groups is 1. The molecule has 0 aliphatic carbocycles. The van der Waals surface area contributed by atoms with Crippen LogP contribution in [0.4, 0.5) is 15.8 Å². The summed E-state index contributed by atoms with van der Waals surface area (Å²) in [5.74, 6) is -2.90. The number of non-ortho nitro benzene ring substituents is 1. The van der Waals surface area contributed by atoms with E-state index in [1.807, 2.05) is 0 Å². The van der Waals surface area contributed by atoms with Gasteiger partial charge in [0.05, 0.1) is 29.7 Å². The van der Waals surface area contributed by atoms with E-state index >= 15 is 0 Å². The molecule has 0 bridgehead atoms. The fourth-order valence-electron chi connectivity index (χ4n) is 3.48. The topological polar surface area (TPSA) is 116 Å². The van der Waals surface area contributed by atoms with Gasteiger partial charge >= 0.3 is 5.97 Å². The molecule has 174 valence electrons. The average molecular weight is 479 g/mol. The summed E-state index contributed by atoms with van der Waals surface area (Å²) in [6, 6.07) is 8.61. The second-order valence-electron chi connectivity index (χ2n) is 7.29. The van der Waals surface area contributed by atoms with E-state index in [4.69, 9.17) is 21.1 Å². The lowest BCUT2D eigenvalue weighted by Crippen LogP contribution is -2.32. The summed E-state index contributed by atoms with van der Waals surface area (Å²) >= 11 is 5.76. The molecule has 0 unspecified atom stereocenters. The maximum Gasteiger partial charge on any atom is 0.312 e. The van der Waals surface area contributed by atoms with Crippen LogP contribution in [-0.4, -0.2) is 48.2 Å². The first-order valence-corrected chi connectivity index (χ1v) is 10.5. The van der Waals surface area contributed by atoms with E-state index in [1.165, 1.54) is 42.3 Å². The van der Waals surface area contributed by atoms with Crippen LogP contribution in [0, 0.1) is 21.8 Å². The number of alkyl halides is 1. The van der Waals surface area contributed by atoms with Crippen LogP contribution in [0.25, 0.3) is 0 Å². The SMILES string of the molecule is COc1cc([N+](=O)[O-])ccc1N1C[C@H](C(=O)O[C@H](CCCl)C(=O)c2ccc(F)cc2)CC1=O. The van der Waals surface area contributed by atoms with Gasteiger partial charge in [-0.25, -0.2) is 4.39 Å². The second-order valence-corrected chi connectivity index (χ2v) is 7.67. The zero-order chi connectivity index (χ0) is 24.1. The number of methoxy groups -OCH3 is 1. The lowest BCUT2D eigenvalue weighted by molar-refractivity contribution is -0.384. The van der Waals surface area contributed by atoms with Gasteiger partial charge in [-0.3, -0.25) is 24.5 Å². The molecule has 1 saturated heterocycles. The molecule has 9 nitrogen and oxygen atoms in total. The molecule has 2 atom stereocenters. The highest BCUT2D eigenvalue weighted by Crippen LogP contribution is 2.36. The third kappa shape index (κ3) is 5.46. The van der Waals surface area contributed by atoms with Gasteiger partial charge < -0.3 is 14.4 Å². The van der Waals surface area contributed by atoms with Gasteiger partial charge in [0.15, 0.2) is 6.10 Å². The van der Waals surface area contributed by atoms with Crippen LogP contribution >= 0.6 is 11.6 Å². The van der Waals surface area contributed by atoms with E-state index < -0.39 is 40.4 Å². The lowest BCUT2D eigenvalue weighted by atomic mass is 10.0. The van der Waals surface area contributed by atoms with Crippen molar-refractivity contribution in [2.75, 3.05) is 24.4 Å². The van der Waals surface area contributed by atoms with Crippen molar-refractivity contribution < 1.29 is 33.2 Å². The van der Waals surface area contributed by atoms with Crippen molar-refractivity contribution in [1.29, 1.82) is 0 Å². The number of benzene rings is 2. The summed E-state index contributed by atoms with van der Waals surface area (Å²) in [6.45, 7) is -0.0514. The van der Waals surface area contributed by atoms with E-state index in [2.05, 4.69) is 0 Å². The number of carbonyl (C=O) groups is 3. The summed E-state index contributed by atoms with van der Waals surface area (Å²) in [5, 5.41) is 11.0. The minimum Gasteiger partial charge on any atom is -0.494 e. The zero-order valence-corrected chi connectivity index (χ0v) is 18.3. The fraction of sp³-hybridized carbons (Fsp3) is 0.318. The number of amides is 1. The predicted molar refractivity (Wildman–Crippen MR) is 116 cm³/mol. The number of esters is 1. The Hall–Kier alpha value is -3.53. The normalized spacial score (nSPS) is 16.4. The molecule has 2 aromatic rings. The number of nitrogens with zero attached hydrogens (tertiary/aromatic N) is 2. The minimum atomic E-state index is -1.18. The Morgan fingerprint density at radius 1 is 1.27 bits per heavy atom. The van der Waals surface area contributed by atoms with Gasteiger partial charge in [0, 0.05) is 36.9 Å². The number of anilines is 1. The first-order valence-electron chi connectivity index (χ1n) is 9.94. The highest BCUT2D eigenvalue weighted by atomic mass is 35.5. The molecule has 33 heavy (non-hydrogen) atoms. The Morgan fingerprint density at radius 2 is 1.97 bits per heavy atom. The third-order valence-corrected chi connectivity index (χ3v) is 5.39. The molecule has 0 aromatic heterocycles. The van der Waals surface area contributed by atoms with Crippen molar-refractivity contribution in [1.82, 2.24) is 0 Å². The Balaban J connectivity index is 1.74. The quantitative estimate of drug-likeness (QED) is 0.178. The molecule has 0 N–H and O–H groups in total. The summed E-state index contributed by atoms with van der Waals surface area (Å²) in [4.78, 5) is 49.7. The average Bonchev–Trinajstić information content (AvgIpc) is 3.19. The Labute approximate surface area is 193 Å². The van der Waals surface area contributed by atoms with Crippen molar-refractivity contribution in [3.63, 3.8) is 0 Å². The van der Waals surface area contributed by atoms with Gasteiger partial charge in [-0.2, -0.15) is 0 Å². The highest BCUT2D eigenvalue weighted by Gasteiger charge is 2.39. The van der Waals surface area contributed by atoms with Crippen LogP contribution < -0.4 is 9.64 Å². The second kappa shape index (κ2) is 10.4. The molecule has 1 amide bonds. The predicted octanol–water partition coefficient (Wildman–Crippen LogP) is 3.52. The number of rotatable bonds is 9. The molecule has 0 saturated carbocycles. The Kier molecular flexibility index (Phi) is 7.59. The molecular weight excluding hydrogens is 459 g/mol. The number of halogens is 2. The zero-order valence-electron chi connectivity index (χ0n) is 17.5. The number of carbonyl (C=O) groups excluding carboxylic acids is 3. The number of hydrogen-bond donors (Lipinski definition) is 0. The standard InChI is InChI=1S/C22H20ClFN2O7/c1-32-19-11-16(26(30)31)6-7-17(19)25-12-14(10-20(25)27)22(29)33-18(8-9-23)21(28)13-2-4-15(24)5-3-13/h2-7,11,14,18H,8-10,12H2,1H3/t14-,18-/m1/s1. The van der Waals surface area contributed by atoms with Crippen molar-refractivity contribution in [2.45, 2.75) is 18.9 Å². The molecular formula is C22H20ClFN2O7. The smallest absolute Gasteiger partial charge is 0.312 e. The highest BCUT2D eigenvalue weighted by molar-refractivity contribution is 6.18. The molecule has 11 heteroatoms. The van der Waals surface area contributed by atoms with Crippen LogP contribution in [0.2, 0.25) is 0 Å².